The highest BCUT2D eigenvalue weighted by Gasteiger charge is 2.19. The van der Waals surface area contributed by atoms with Gasteiger partial charge >= 0.3 is 17.9 Å². The van der Waals surface area contributed by atoms with Crippen LogP contribution in [0, 0.1) is 0 Å². The molecule has 0 aromatic heterocycles. The summed E-state index contributed by atoms with van der Waals surface area (Å²) in [4.78, 5) is 38.3. The number of hydrogen-bond acceptors (Lipinski definition) is 6. The molecule has 0 radical (unpaired) electrons. The van der Waals surface area contributed by atoms with E-state index in [-0.39, 0.29) is 31.6 Å². The van der Waals surface area contributed by atoms with Gasteiger partial charge in [-0.1, -0.05) is 304 Å². The SMILES string of the molecule is CC/C=C\C/C=C\C/C=C\C/C=C\C/C=C\C/C=C\CCC(=O)OC(COC(=O)CCCCCCCCCCCCCC/C=C\C/C=C\C/C=C\CCCCCCC)COC(=O)CCCCCCCCCCCCCCCC. The summed E-state index contributed by atoms with van der Waals surface area (Å²) in [5.41, 5.74) is 0. The average molecular weight is 1080 g/mol. The zero-order valence-electron chi connectivity index (χ0n) is 51.2. The molecule has 0 heterocycles. The zero-order valence-corrected chi connectivity index (χ0v) is 51.2. The molecule has 1 atom stereocenters. The molecule has 0 aliphatic heterocycles. The molecule has 0 aliphatic rings. The van der Waals surface area contributed by atoms with Crippen molar-refractivity contribution in [3.05, 3.63) is 109 Å². The van der Waals surface area contributed by atoms with Crippen molar-refractivity contribution in [3.8, 4) is 0 Å². The van der Waals surface area contributed by atoms with Gasteiger partial charge < -0.3 is 14.2 Å². The first-order valence-electron chi connectivity index (χ1n) is 32.9. The highest BCUT2D eigenvalue weighted by molar-refractivity contribution is 5.71. The number of allylic oxidation sites excluding steroid dienone is 18. The summed E-state index contributed by atoms with van der Waals surface area (Å²) in [7, 11) is 0. The number of unbranched alkanes of at least 4 members (excludes halogenated alkanes) is 30. The maximum atomic E-state index is 12.9. The molecule has 1 unspecified atom stereocenters. The predicted octanol–water partition coefficient (Wildman–Crippen LogP) is 22.6. The first kappa shape index (κ1) is 74.1. The van der Waals surface area contributed by atoms with E-state index in [1.54, 1.807) is 0 Å². The van der Waals surface area contributed by atoms with Gasteiger partial charge in [-0.05, 0) is 96.3 Å². The van der Waals surface area contributed by atoms with Crippen molar-refractivity contribution < 1.29 is 28.6 Å². The van der Waals surface area contributed by atoms with Gasteiger partial charge in [-0.3, -0.25) is 14.4 Å². The second kappa shape index (κ2) is 65.6. The summed E-state index contributed by atoms with van der Waals surface area (Å²) in [6.45, 7) is 6.48. The molecule has 78 heavy (non-hydrogen) atoms. The van der Waals surface area contributed by atoms with Crippen LogP contribution in [0.15, 0.2) is 109 Å². The molecule has 0 saturated heterocycles. The maximum absolute atomic E-state index is 12.9. The fraction of sp³-hybridized carbons (Fsp3) is 0.708. The first-order chi connectivity index (χ1) is 38.5. The molecule has 0 bridgehead atoms. The van der Waals surface area contributed by atoms with Gasteiger partial charge in [0, 0.05) is 19.3 Å². The van der Waals surface area contributed by atoms with Gasteiger partial charge in [0.1, 0.15) is 13.2 Å². The lowest BCUT2D eigenvalue weighted by Gasteiger charge is -2.18. The molecule has 446 valence electrons. The average Bonchev–Trinajstić information content (AvgIpc) is 3.44. The third-order valence-corrected chi connectivity index (χ3v) is 14.0. The Morgan fingerprint density at radius 3 is 0.833 bits per heavy atom. The fourth-order valence-electron chi connectivity index (χ4n) is 9.12. The van der Waals surface area contributed by atoms with Crippen LogP contribution in [0.1, 0.15) is 310 Å². The first-order valence-corrected chi connectivity index (χ1v) is 32.9. The van der Waals surface area contributed by atoms with Crippen molar-refractivity contribution in [2.24, 2.45) is 0 Å². The van der Waals surface area contributed by atoms with Crippen molar-refractivity contribution in [1.29, 1.82) is 0 Å². The van der Waals surface area contributed by atoms with Crippen LogP contribution in [0.3, 0.4) is 0 Å². The molecular formula is C72H122O6. The number of rotatable bonds is 59. The molecule has 0 fully saturated rings. The second-order valence-electron chi connectivity index (χ2n) is 21.6. The van der Waals surface area contributed by atoms with Crippen molar-refractivity contribution >= 4 is 17.9 Å². The number of carbonyl (C=O) groups is 3. The number of ether oxygens (including phenoxy) is 3. The second-order valence-corrected chi connectivity index (χ2v) is 21.6. The minimum atomic E-state index is -0.820. The summed E-state index contributed by atoms with van der Waals surface area (Å²) >= 11 is 0. The normalized spacial score (nSPS) is 12.8. The number of carbonyl (C=O) groups excluding carboxylic acids is 3. The van der Waals surface area contributed by atoms with Crippen LogP contribution < -0.4 is 0 Å². The van der Waals surface area contributed by atoms with Crippen LogP contribution in [0.2, 0.25) is 0 Å². The van der Waals surface area contributed by atoms with E-state index < -0.39 is 12.1 Å². The highest BCUT2D eigenvalue weighted by Crippen LogP contribution is 2.16. The topological polar surface area (TPSA) is 78.9 Å². The molecule has 0 spiro atoms. The summed E-state index contributed by atoms with van der Waals surface area (Å²) in [5, 5.41) is 0. The smallest absolute Gasteiger partial charge is 0.306 e. The molecule has 0 N–H and O–H groups in total. The summed E-state index contributed by atoms with van der Waals surface area (Å²) in [6.07, 6.45) is 89.7. The Hall–Kier alpha value is -3.93. The van der Waals surface area contributed by atoms with E-state index in [1.807, 2.05) is 6.08 Å². The number of esters is 3. The van der Waals surface area contributed by atoms with Crippen LogP contribution in [0.4, 0.5) is 0 Å². The van der Waals surface area contributed by atoms with Crippen molar-refractivity contribution in [1.82, 2.24) is 0 Å². The number of hydrogen-bond donors (Lipinski definition) is 0. The fourth-order valence-corrected chi connectivity index (χ4v) is 9.12. The van der Waals surface area contributed by atoms with E-state index in [9.17, 15) is 14.4 Å². The van der Waals surface area contributed by atoms with E-state index in [1.165, 1.54) is 173 Å². The summed E-state index contributed by atoms with van der Waals surface area (Å²) in [6, 6.07) is 0. The molecule has 0 rings (SSSR count). The largest absolute Gasteiger partial charge is 0.462 e. The molecule has 0 amide bonds. The Bertz CT molecular complexity index is 1570. The van der Waals surface area contributed by atoms with E-state index in [0.29, 0.717) is 19.3 Å². The molecule has 0 saturated carbocycles. The van der Waals surface area contributed by atoms with Gasteiger partial charge in [-0.25, -0.2) is 0 Å². The van der Waals surface area contributed by atoms with Gasteiger partial charge in [0.15, 0.2) is 6.10 Å². The maximum Gasteiger partial charge on any atom is 0.306 e. The Balaban J connectivity index is 4.39. The van der Waals surface area contributed by atoms with Crippen LogP contribution in [0.25, 0.3) is 0 Å². The monoisotopic (exact) mass is 1080 g/mol. The molecule has 0 aliphatic carbocycles. The third kappa shape index (κ3) is 62.9. The van der Waals surface area contributed by atoms with Crippen molar-refractivity contribution in [2.45, 2.75) is 316 Å². The molecule has 0 aromatic carbocycles. The minimum absolute atomic E-state index is 0.107. The standard InChI is InChI=1S/C72H122O6/c1-4-7-10-13-16-19-22-25-28-30-32-33-34-35-36-37-38-39-41-42-44-47-50-53-56-59-62-65-71(74)77-68-69(67-76-70(73)64-61-58-55-52-49-46-27-24-21-18-15-12-9-6-3)78-72(75)66-63-60-57-54-51-48-45-43-40-31-29-26-23-20-17-14-11-8-5-2/h8,11,17,20,22,25-26,29-30,32,34-35,40,43,48,51,57,60,69H,4-7,9-10,12-16,18-19,21,23-24,27-28,31,33,36-39,41-42,44-47,49-50,52-56,58-59,61-68H2,1-3H3/b11-8-,20-17-,25-22-,29-26-,32-30-,35-34-,43-40-,51-48-,60-57-. The van der Waals surface area contributed by atoms with Gasteiger partial charge in [0.25, 0.3) is 0 Å². The summed E-state index contributed by atoms with van der Waals surface area (Å²) < 4.78 is 16.9. The van der Waals surface area contributed by atoms with E-state index in [2.05, 4.69) is 124 Å². The van der Waals surface area contributed by atoms with Crippen molar-refractivity contribution in [2.75, 3.05) is 13.2 Å². The lowest BCUT2D eigenvalue weighted by atomic mass is 10.0. The quantitative estimate of drug-likeness (QED) is 0.0261. The van der Waals surface area contributed by atoms with E-state index in [0.717, 1.165) is 89.9 Å². The van der Waals surface area contributed by atoms with Crippen molar-refractivity contribution in [3.63, 3.8) is 0 Å². The van der Waals surface area contributed by atoms with Crippen LogP contribution in [-0.2, 0) is 28.6 Å². The van der Waals surface area contributed by atoms with Gasteiger partial charge in [0.05, 0.1) is 0 Å². The van der Waals surface area contributed by atoms with Gasteiger partial charge in [-0.2, -0.15) is 0 Å². The van der Waals surface area contributed by atoms with E-state index >= 15 is 0 Å². The Morgan fingerprint density at radius 1 is 0.269 bits per heavy atom. The third-order valence-electron chi connectivity index (χ3n) is 14.0. The Labute approximate surface area is 482 Å². The summed E-state index contributed by atoms with van der Waals surface area (Å²) in [5.74, 6) is -0.984. The molecular weight excluding hydrogens is 961 g/mol. The van der Waals surface area contributed by atoms with Crippen LogP contribution in [-0.4, -0.2) is 37.2 Å². The van der Waals surface area contributed by atoms with Crippen LogP contribution >= 0.6 is 0 Å². The van der Waals surface area contributed by atoms with Gasteiger partial charge in [0.2, 0.25) is 0 Å². The zero-order chi connectivity index (χ0) is 56.4. The predicted molar refractivity (Wildman–Crippen MR) is 339 cm³/mol. The lowest BCUT2D eigenvalue weighted by molar-refractivity contribution is -0.166. The van der Waals surface area contributed by atoms with Crippen LogP contribution in [0.5, 0.6) is 0 Å². The van der Waals surface area contributed by atoms with E-state index in [4.69, 9.17) is 14.2 Å². The minimum Gasteiger partial charge on any atom is -0.462 e. The Morgan fingerprint density at radius 2 is 0.526 bits per heavy atom. The lowest BCUT2D eigenvalue weighted by Crippen LogP contribution is -2.30. The Kier molecular flexibility index (Phi) is 62.3. The molecule has 6 nitrogen and oxygen atoms in total. The molecule has 0 aromatic rings. The van der Waals surface area contributed by atoms with Gasteiger partial charge in [-0.15, -0.1) is 0 Å². The highest BCUT2D eigenvalue weighted by atomic mass is 16.6. The molecule has 6 heteroatoms.